The van der Waals surface area contributed by atoms with E-state index in [0.29, 0.717) is 0 Å². The van der Waals surface area contributed by atoms with E-state index in [1.807, 2.05) is 0 Å². The minimum atomic E-state index is -1.48. The van der Waals surface area contributed by atoms with Crippen LogP contribution in [0.5, 0.6) is 0 Å². The standard InChI is InChI=1S/C16H12F3NO3/c17-11-6-2-1-4-9(11)8-13(16(22)23)20-15(21)10-5-3-7-12(18)14(10)19/h1-7,13H,8H2,(H,20,21)(H,22,23)/t13-/m0/s1. The van der Waals surface area contributed by atoms with Crippen molar-refractivity contribution >= 4 is 11.9 Å². The van der Waals surface area contributed by atoms with Gasteiger partial charge in [0.05, 0.1) is 5.56 Å². The van der Waals surface area contributed by atoms with Gasteiger partial charge in [-0.25, -0.2) is 18.0 Å². The van der Waals surface area contributed by atoms with Crippen LogP contribution < -0.4 is 5.32 Å². The molecular weight excluding hydrogens is 311 g/mol. The van der Waals surface area contributed by atoms with E-state index in [0.717, 1.165) is 24.3 Å². The Morgan fingerprint density at radius 1 is 1.00 bits per heavy atom. The molecule has 0 heterocycles. The maximum Gasteiger partial charge on any atom is 0.326 e. The van der Waals surface area contributed by atoms with Gasteiger partial charge in [-0.15, -0.1) is 0 Å². The molecule has 120 valence electrons. The number of carboxylic acid groups (broad SMARTS) is 1. The molecule has 0 aliphatic rings. The first-order chi connectivity index (χ1) is 10.9. The van der Waals surface area contributed by atoms with Crippen LogP contribution in [0.1, 0.15) is 15.9 Å². The molecule has 2 N–H and O–H groups in total. The van der Waals surface area contributed by atoms with Gasteiger partial charge in [-0.1, -0.05) is 24.3 Å². The summed E-state index contributed by atoms with van der Waals surface area (Å²) in [5, 5.41) is 11.2. The predicted octanol–water partition coefficient (Wildman–Crippen LogP) is 2.53. The van der Waals surface area contributed by atoms with Crippen molar-refractivity contribution in [1.29, 1.82) is 0 Å². The third-order valence-electron chi connectivity index (χ3n) is 3.18. The summed E-state index contributed by atoms with van der Waals surface area (Å²) >= 11 is 0. The van der Waals surface area contributed by atoms with Gasteiger partial charge in [0.25, 0.3) is 5.91 Å². The van der Waals surface area contributed by atoms with E-state index in [2.05, 4.69) is 5.32 Å². The Kier molecular flexibility index (Phi) is 5.00. The molecule has 0 radical (unpaired) electrons. The van der Waals surface area contributed by atoms with Crippen LogP contribution in [0.2, 0.25) is 0 Å². The van der Waals surface area contributed by atoms with Crippen LogP contribution in [-0.2, 0) is 11.2 Å². The Bertz CT molecular complexity index is 749. The molecule has 2 rings (SSSR count). The number of benzene rings is 2. The quantitative estimate of drug-likeness (QED) is 0.888. The summed E-state index contributed by atoms with van der Waals surface area (Å²) in [6.45, 7) is 0. The van der Waals surface area contributed by atoms with E-state index in [4.69, 9.17) is 5.11 Å². The lowest BCUT2D eigenvalue weighted by Crippen LogP contribution is -2.42. The van der Waals surface area contributed by atoms with E-state index < -0.39 is 40.9 Å². The van der Waals surface area contributed by atoms with Gasteiger partial charge in [0, 0.05) is 6.42 Å². The summed E-state index contributed by atoms with van der Waals surface area (Å²) < 4.78 is 40.2. The van der Waals surface area contributed by atoms with E-state index in [9.17, 15) is 22.8 Å². The van der Waals surface area contributed by atoms with E-state index in [1.54, 1.807) is 0 Å². The molecule has 4 nitrogen and oxygen atoms in total. The molecule has 2 aromatic rings. The molecule has 0 unspecified atom stereocenters. The lowest BCUT2D eigenvalue weighted by Gasteiger charge is -2.15. The van der Waals surface area contributed by atoms with Crippen LogP contribution in [0.4, 0.5) is 13.2 Å². The molecule has 1 atom stereocenters. The average Bonchev–Trinajstić information content (AvgIpc) is 2.51. The molecule has 23 heavy (non-hydrogen) atoms. The van der Waals surface area contributed by atoms with Crippen molar-refractivity contribution in [2.24, 2.45) is 0 Å². The molecule has 0 aromatic heterocycles. The van der Waals surface area contributed by atoms with Crippen molar-refractivity contribution in [2.75, 3.05) is 0 Å². The Morgan fingerprint density at radius 2 is 1.65 bits per heavy atom. The van der Waals surface area contributed by atoms with E-state index >= 15 is 0 Å². The molecule has 1 amide bonds. The van der Waals surface area contributed by atoms with Crippen LogP contribution >= 0.6 is 0 Å². The Labute approximate surface area is 129 Å². The van der Waals surface area contributed by atoms with Gasteiger partial charge in [0.2, 0.25) is 0 Å². The van der Waals surface area contributed by atoms with Gasteiger partial charge in [-0.05, 0) is 23.8 Å². The molecule has 2 aromatic carbocycles. The van der Waals surface area contributed by atoms with Crippen LogP contribution in [0.15, 0.2) is 42.5 Å². The average molecular weight is 323 g/mol. The fourth-order valence-corrected chi connectivity index (χ4v) is 2.00. The smallest absolute Gasteiger partial charge is 0.326 e. The lowest BCUT2D eigenvalue weighted by molar-refractivity contribution is -0.139. The second-order valence-electron chi connectivity index (χ2n) is 4.76. The van der Waals surface area contributed by atoms with Crippen molar-refractivity contribution in [3.63, 3.8) is 0 Å². The highest BCUT2D eigenvalue weighted by molar-refractivity contribution is 5.96. The highest BCUT2D eigenvalue weighted by Crippen LogP contribution is 2.13. The number of hydrogen-bond acceptors (Lipinski definition) is 2. The van der Waals surface area contributed by atoms with Gasteiger partial charge in [0.1, 0.15) is 11.9 Å². The number of halogens is 3. The maximum absolute atomic E-state index is 13.6. The minimum absolute atomic E-state index is 0.0833. The first-order valence-corrected chi connectivity index (χ1v) is 6.61. The van der Waals surface area contributed by atoms with Crippen molar-refractivity contribution in [3.05, 3.63) is 71.0 Å². The number of hydrogen-bond donors (Lipinski definition) is 2. The SMILES string of the molecule is O=C(N[C@@H](Cc1ccccc1F)C(=O)O)c1cccc(F)c1F. The van der Waals surface area contributed by atoms with Gasteiger partial charge in [-0.3, -0.25) is 4.79 Å². The van der Waals surface area contributed by atoms with Crippen LogP contribution in [0, 0.1) is 17.5 Å². The van der Waals surface area contributed by atoms with Crippen molar-refractivity contribution in [2.45, 2.75) is 12.5 Å². The molecule has 0 bridgehead atoms. The monoisotopic (exact) mass is 323 g/mol. The van der Waals surface area contributed by atoms with Crippen molar-refractivity contribution in [1.82, 2.24) is 5.32 Å². The summed E-state index contributed by atoms with van der Waals surface area (Å²) in [4.78, 5) is 23.2. The van der Waals surface area contributed by atoms with Crippen molar-refractivity contribution in [3.8, 4) is 0 Å². The van der Waals surface area contributed by atoms with E-state index in [-0.39, 0.29) is 12.0 Å². The highest BCUT2D eigenvalue weighted by Gasteiger charge is 2.24. The molecule has 0 aliphatic carbocycles. The predicted molar refractivity (Wildman–Crippen MR) is 75.4 cm³/mol. The Morgan fingerprint density at radius 3 is 2.30 bits per heavy atom. The number of carbonyl (C=O) groups excluding carboxylic acids is 1. The normalized spacial score (nSPS) is 11.8. The fourth-order valence-electron chi connectivity index (χ4n) is 2.00. The highest BCUT2D eigenvalue weighted by atomic mass is 19.2. The van der Waals surface area contributed by atoms with Gasteiger partial charge < -0.3 is 10.4 Å². The van der Waals surface area contributed by atoms with Gasteiger partial charge >= 0.3 is 5.97 Å². The van der Waals surface area contributed by atoms with E-state index in [1.165, 1.54) is 18.2 Å². The largest absolute Gasteiger partial charge is 0.480 e. The lowest BCUT2D eigenvalue weighted by atomic mass is 10.0. The Balaban J connectivity index is 2.20. The fraction of sp³-hybridized carbons (Fsp3) is 0.125. The van der Waals surface area contributed by atoms with Crippen LogP contribution in [0.25, 0.3) is 0 Å². The molecule has 0 fully saturated rings. The molecule has 0 aliphatic heterocycles. The summed E-state index contributed by atoms with van der Waals surface area (Å²) in [7, 11) is 0. The van der Waals surface area contributed by atoms with Gasteiger partial charge in [-0.2, -0.15) is 0 Å². The zero-order valence-electron chi connectivity index (χ0n) is 11.7. The zero-order chi connectivity index (χ0) is 17.0. The third kappa shape index (κ3) is 3.88. The first kappa shape index (κ1) is 16.5. The third-order valence-corrected chi connectivity index (χ3v) is 3.18. The second-order valence-corrected chi connectivity index (χ2v) is 4.76. The molecule has 0 spiro atoms. The summed E-state index contributed by atoms with van der Waals surface area (Å²) in [5.74, 6) is -5.73. The molecular formula is C16H12F3NO3. The topological polar surface area (TPSA) is 66.4 Å². The number of nitrogens with one attached hydrogen (secondary N) is 1. The number of aliphatic carboxylic acids is 1. The molecule has 0 saturated heterocycles. The number of rotatable bonds is 5. The number of carboxylic acids is 1. The minimum Gasteiger partial charge on any atom is -0.480 e. The van der Waals surface area contributed by atoms with Crippen LogP contribution in [-0.4, -0.2) is 23.0 Å². The summed E-state index contributed by atoms with van der Waals surface area (Å²) in [6, 6.07) is 6.99. The summed E-state index contributed by atoms with van der Waals surface area (Å²) in [6.07, 6.45) is -0.329. The second kappa shape index (κ2) is 6.95. The number of carbonyl (C=O) groups is 2. The van der Waals surface area contributed by atoms with Gasteiger partial charge in [0.15, 0.2) is 11.6 Å². The summed E-state index contributed by atoms with van der Waals surface area (Å²) in [5.41, 5.74) is -0.537. The Hall–Kier alpha value is -2.83. The molecule has 0 saturated carbocycles. The zero-order valence-corrected chi connectivity index (χ0v) is 11.7. The maximum atomic E-state index is 13.6. The first-order valence-electron chi connectivity index (χ1n) is 6.61. The number of amides is 1. The van der Waals surface area contributed by atoms with Crippen molar-refractivity contribution < 1.29 is 27.9 Å². The van der Waals surface area contributed by atoms with Crippen LogP contribution in [0.3, 0.4) is 0 Å². The molecule has 7 heteroatoms.